The maximum absolute atomic E-state index is 4.26. The Morgan fingerprint density at radius 2 is 2.05 bits per heavy atom. The molecule has 4 heteroatoms. The number of nitrogens with zero attached hydrogens (tertiary/aromatic N) is 2. The summed E-state index contributed by atoms with van der Waals surface area (Å²) >= 11 is 1.52. The van der Waals surface area contributed by atoms with E-state index in [0.717, 1.165) is 31.5 Å². The van der Waals surface area contributed by atoms with Crippen molar-refractivity contribution in [1.82, 2.24) is 14.9 Å². The fourth-order valence-electron chi connectivity index (χ4n) is 2.32. The Morgan fingerprint density at radius 1 is 1.20 bits per heavy atom. The first-order chi connectivity index (χ1) is 9.80. The summed E-state index contributed by atoms with van der Waals surface area (Å²) in [4.78, 5) is 1.26. The van der Waals surface area contributed by atoms with E-state index in [2.05, 4.69) is 59.9 Å². The van der Waals surface area contributed by atoms with Crippen LogP contribution in [0.4, 0.5) is 0 Å². The van der Waals surface area contributed by atoms with Gasteiger partial charge in [-0.1, -0.05) is 49.5 Å². The number of aryl methyl sites for hydroxylation is 2. The molecule has 0 saturated carbocycles. The van der Waals surface area contributed by atoms with Crippen molar-refractivity contribution >= 4 is 11.5 Å². The van der Waals surface area contributed by atoms with E-state index in [0.29, 0.717) is 0 Å². The molecule has 20 heavy (non-hydrogen) atoms. The zero-order chi connectivity index (χ0) is 14.4. The van der Waals surface area contributed by atoms with Gasteiger partial charge in [-0.2, -0.15) is 0 Å². The van der Waals surface area contributed by atoms with E-state index in [9.17, 15) is 0 Å². The van der Waals surface area contributed by atoms with Crippen LogP contribution in [-0.4, -0.2) is 16.1 Å². The molecule has 1 heterocycles. The van der Waals surface area contributed by atoms with Crippen LogP contribution in [0.3, 0.4) is 0 Å². The van der Waals surface area contributed by atoms with Crippen LogP contribution in [0.2, 0.25) is 0 Å². The third kappa shape index (κ3) is 3.44. The second-order valence-electron chi connectivity index (χ2n) is 4.92. The van der Waals surface area contributed by atoms with Crippen molar-refractivity contribution in [3.05, 3.63) is 46.0 Å². The normalized spacial score (nSPS) is 12.6. The maximum atomic E-state index is 4.26. The van der Waals surface area contributed by atoms with Gasteiger partial charge >= 0.3 is 0 Å². The molecular formula is C16H23N3S. The highest BCUT2D eigenvalue weighted by Crippen LogP contribution is 2.28. The number of benzene rings is 1. The van der Waals surface area contributed by atoms with Crippen molar-refractivity contribution in [3.63, 3.8) is 0 Å². The Hall–Kier alpha value is -1.26. The minimum absolute atomic E-state index is 0.219. The minimum Gasteiger partial charge on any atom is -0.305 e. The summed E-state index contributed by atoms with van der Waals surface area (Å²) in [7, 11) is 0. The third-order valence-corrected chi connectivity index (χ3v) is 4.30. The summed E-state index contributed by atoms with van der Waals surface area (Å²) in [5, 5.41) is 7.90. The molecule has 0 saturated heterocycles. The van der Waals surface area contributed by atoms with E-state index in [4.69, 9.17) is 0 Å². The highest BCUT2D eigenvalue weighted by atomic mass is 32.1. The Kier molecular flexibility index (Phi) is 5.68. The average Bonchev–Trinajstić information content (AvgIpc) is 2.96. The summed E-state index contributed by atoms with van der Waals surface area (Å²) in [6.45, 7) is 7.53. The number of aromatic nitrogens is 2. The quantitative estimate of drug-likeness (QED) is 0.843. The van der Waals surface area contributed by atoms with Crippen molar-refractivity contribution < 1.29 is 0 Å². The summed E-state index contributed by atoms with van der Waals surface area (Å²) < 4.78 is 4.14. The molecule has 2 rings (SSSR count). The molecule has 1 N–H and O–H groups in total. The first kappa shape index (κ1) is 15.1. The van der Waals surface area contributed by atoms with Crippen LogP contribution in [0.15, 0.2) is 24.3 Å². The molecule has 0 aliphatic heterocycles. The van der Waals surface area contributed by atoms with Gasteiger partial charge in [-0.05, 0) is 48.5 Å². The summed E-state index contributed by atoms with van der Waals surface area (Å²) in [5.74, 6) is 0. The molecule has 0 bridgehead atoms. The topological polar surface area (TPSA) is 37.8 Å². The van der Waals surface area contributed by atoms with Crippen molar-refractivity contribution in [2.24, 2.45) is 0 Å². The molecular weight excluding hydrogens is 266 g/mol. The van der Waals surface area contributed by atoms with E-state index in [1.165, 1.54) is 27.5 Å². The van der Waals surface area contributed by atoms with Crippen molar-refractivity contribution in [2.75, 3.05) is 6.54 Å². The number of hydrogen-bond acceptors (Lipinski definition) is 4. The van der Waals surface area contributed by atoms with Crippen LogP contribution in [0.1, 0.15) is 54.9 Å². The van der Waals surface area contributed by atoms with Crippen molar-refractivity contribution in [1.29, 1.82) is 0 Å². The standard InChI is InChI=1S/C16H23N3S/c1-4-10-17-15(16-14(6-3)18-19-20-16)13-9-7-8-12(5-2)11-13/h7-9,11,15,17H,4-6,10H2,1-3H3. The molecule has 1 aromatic carbocycles. The van der Waals surface area contributed by atoms with Crippen molar-refractivity contribution in [3.8, 4) is 0 Å². The third-order valence-electron chi connectivity index (χ3n) is 3.47. The van der Waals surface area contributed by atoms with Crippen LogP contribution < -0.4 is 5.32 Å². The van der Waals surface area contributed by atoms with Gasteiger partial charge in [0.2, 0.25) is 0 Å². The Balaban J connectivity index is 2.36. The van der Waals surface area contributed by atoms with E-state index in [1.807, 2.05) is 0 Å². The number of hydrogen-bond donors (Lipinski definition) is 1. The lowest BCUT2D eigenvalue weighted by Crippen LogP contribution is -2.23. The Bertz CT molecular complexity index is 536. The summed E-state index contributed by atoms with van der Waals surface area (Å²) in [5.41, 5.74) is 3.81. The summed E-state index contributed by atoms with van der Waals surface area (Å²) in [6.07, 6.45) is 3.12. The molecule has 1 atom stereocenters. The predicted octanol–water partition coefficient (Wildman–Crippen LogP) is 3.75. The molecule has 2 aromatic rings. The highest BCUT2D eigenvalue weighted by molar-refractivity contribution is 7.05. The molecule has 0 aliphatic carbocycles. The van der Waals surface area contributed by atoms with Gasteiger partial charge in [0.05, 0.1) is 16.6 Å². The molecule has 0 spiro atoms. The van der Waals surface area contributed by atoms with E-state index >= 15 is 0 Å². The van der Waals surface area contributed by atoms with Crippen LogP contribution >= 0.6 is 11.5 Å². The fraction of sp³-hybridized carbons (Fsp3) is 0.500. The van der Waals surface area contributed by atoms with Crippen LogP contribution in [0.5, 0.6) is 0 Å². The van der Waals surface area contributed by atoms with Gasteiger partial charge in [0.25, 0.3) is 0 Å². The molecule has 1 unspecified atom stereocenters. The zero-order valence-electron chi connectivity index (χ0n) is 12.5. The lowest BCUT2D eigenvalue weighted by molar-refractivity contribution is 0.600. The summed E-state index contributed by atoms with van der Waals surface area (Å²) in [6, 6.07) is 9.05. The second kappa shape index (κ2) is 7.50. The predicted molar refractivity (Wildman–Crippen MR) is 85.2 cm³/mol. The van der Waals surface area contributed by atoms with Gasteiger partial charge in [0.1, 0.15) is 0 Å². The van der Waals surface area contributed by atoms with Crippen LogP contribution in [0.25, 0.3) is 0 Å². The molecule has 1 aromatic heterocycles. The monoisotopic (exact) mass is 289 g/mol. The molecule has 0 radical (unpaired) electrons. The van der Waals surface area contributed by atoms with Gasteiger partial charge in [0, 0.05) is 0 Å². The molecule has 108 valence electrons. The average molecular weight is 289 g/mol. The van der Waals surface area contributed by atoms with Gasteiger partial charge < -0.3 is 5.32 Å². The number of rotatable bonds is 7. The molecule has 0 aliphatic rings. The highest BCUT2D eigenvalue weighted by Gasteiger charge is 2.19. The Morgan fingerprint density at radius 3 is 2.75 bits per heavy atom. The fourth-order valence-corrected chi connectivity index (χ4v) is 3.17. The number of nitrogens with one attached hydrogen (secondary N) is 1. The van der Waals surface area contributed by atoms with Gasteiger partial charge in [0.15, 0.2) is 0 Å². The van der Waals surface area contributed by atoms with E-state index in [-0.39, 0.29) is 6.04 Å². The molecule has 3 nitrogen and oxygen atoms in total. The van der Waals surface area contributed by atoms with E-state index < -0.39 is 0 Å². The maximum Gasteiger partial charge on any atom is 0.0804 e. The van der Waals surface area contributed by atoms with Gasteiger partial charge in [-0.3, -0.25) is 0 Å². The molecule has 0 fully saturated rings. The largest absolute Gasteiger partial charge is 0.305 e. The minimum atomic E-state index is 0.219. The lowest BCUT2D eigenvalue weighted by Gasteiger charge is -2.19. The van der Waals surface area contributed by atoms with Gasteiger partial charge in [-0.15, -0.1) is 5.10 Å². The van der Waals surface area contributed by atoms with E-state index in [1.54, 1.807) is 0 Å². The van der Waals surface area contributed by atoms with Crippen molar-refractivity contribution in [2.45, 2.75) is 46.1 Å². The molecule has 0 amide bonds. The van der Waals surface area contributed by atoms with Crippen LogP contribution in [-0.2, 0) is 12.8 Å². The lowest BCUT2D eigenvalue weighted by atomic mass is 10.00. The first-order valence-electron chi connectivity index (χ1n) is 7.43. The second-order valence-corrected chi connectivity index (χ2v) is 5.71. The zero-order valence-corrected chi connectivity index (χ0v) is 13.3. The SMILES string of the molecule is CCCNC(c1cccc(CC)c1)c1snnc1CC. The first-order valence-corrected chi connectivity index (χ1v) is 8.20. The Labute approximate surface area is 125 Å². The smallest absolute Gasteiger partial charge is 0.0804 e. The van der Waals surface area contributed by atoms with Crippen LogP contribution in [0, 0.1) is 0 Å². The van der Waals surface area contributed by atoms with Gasteiger partial charge in [-0.25, -0.2) is 0 Å².